The van der Waals surface area contributed by atoms with E-state index in [0.29, 0.717) is 5.75 Å². The van der Waals surface area contributed by atoms with Gasteiger partial charge in [0.2, 0.25) is 11.8 Å². The zero-order chi connectivity index (χ0) is 19.6. The largest absolute Gasteiger partial charge is 0.353 e. The third-order valence-corrected chi connectivity index (χ3v) is 5.66. The van der Waals surface area contributed by atoms with E-state index in [-0.39, 0.29) is 23.6 Å². The van der Waals surface area contributed by atoms with Crippen molar-refractivity contribution in [2.45, 2.75) is 25.4 Å². The number of amides is 2. The molecule has 0 unspecified atom stereocenters. The standard InChI is InChI=1S/C22H27N3O2S/c26-21(23-19-9-5-2-6-10-19)16-28-17-22(27)24-20-11-13-25(14-12-20)15-18-7-3-1-4-8-18/h1-10,20H,11-17H2,(H,23,26)(H,24,27). The Bertz CT molecular complexity index is 747. The number of hydrogen-bond donors (Lipinski definition) is 2. The number of rotatable bonds is 8. The molecule has 1 aliphatic heterocycles. The molecule has 0 atom stereocenters. The average molecular weight is 398 g/mol. The number of hydrogen-bond acceptors (Lipinski definition) is 4. The fraction of sp³-hybridized carbons (Fsp3) is 0.364. The van der Waals surface area contributed by atoms with Crippen molar-refractivity contribution < 1.29 is 9.59 Å². The maximum Gasteiger partial charge on any atom is 0.234 e. The Morgan fingerprint density at radius 2 is 1.50 bits per heavy atom. The lowest BCUT2D eigenvalue weighted by molar-refractivity contribution is -0.119. The van der Waals surface area contributed by atoms with E-state index in [0.717, 1.165) is 38.2 Å². The summed E-state index contributed by atoms with van der Waals surface area (Å²) in [6, 6.07) is 20.1. The molecule has 1 saturated heterocycles. The summed E-state index contributed by atoms with van der Waals surface area (Å²) in [7, 11) is 0. The van der Waals surface area contributed by atoms with E-state index in [4.69, 9.17) is 0 Å². The van der Waals surface area contributed by atoms with Crippen LogP contribution < -0.4 is 10.6 Å². The second-order valence-corrected chi connectivity index (χ2v) is 8.00. The molecule has 0 aliphatic carbocycles. The molecule has 148 valence electrons. The van der Waals surface area contributed by atoms with Gasteiger partial charge in [0.05, 0.1) is 11.5 Å². The van der Waals surface area contributed by atoms with Gasteiger partial charge in [0.1, 0.15) is 0 Å². The molecule has 2 N–H and O–H groups in total. The van der Waals surface area contributed by atoms with Gasteiger partial charge in [0, 0.05) is 31.4 Å². The third-order valence-electron chi connectivity index (χ3n) is 4.73. The smallest absolute Gasteiger partial charge is 0.234 e. The van der Waals surface area contributed by atoms with Gasteiger partial charge in [-0.05, 0) is 30.5 Å². The molecule has 1 aliphatic rings. The normalized spacial score (nSPS) is 15.1. The van der Waals surface area contributed by atoms with Crippen LogP contribution in [0.3, 0.4) is 0 Å². The monoisotopic (exact) mass is 397 g/mol. The summed E-state index contributed by atoms with van der Waals surface area (Å²) in [5, 5.41) is 5.93. The highest BCUT2D eigenvalue weighted by atomic mass is 32.2. The van der Waals surface area contributed by atoms with Gasteiger partial charge in [0.25, 0.3) is 0 Å². The molecule has 2 amide bonds. The highest BCUT2D eigenvalue weighted by Crippen LogP contribution is 2.14. The molecular formula is C22H27N3O2S. The summed E-state index contributed by atoms with van der Waals surface area (Å²) < 4.78 is 0. The van der Waals surface area contributed by atoms with Gasteiger partial charge < -0.3 is 10.6 Å². The maximum absolute atomic E-state index is 12.1. The van der Waals surface area contributed by atoms with Crippen LogP contribution in [0, 0.1) is 0 Å². The van der Waals surface area contributed by atoms with Crippen molar-refractivity contribution in [3.05, 3.63) is 66.2 Å². The Balaban J connectivity index is 1.29. The molecule has 2 aromatic carbocycles. The van der Waals surface area contributed by atoms with Crippen LogP contribution >= 0.6 is 11.8 Å². The first-order valence-corrected chi connectivity index (χ1v) is 10.8. The van der Waals surface area contributed by atoms with E-state index in [1.54, 1.807) is 0 Å². The number of para-hydroxylation sites is 1. The van der Waals surface area contributed by atoms with Crippen molar-refractivity contribution in [3.8, 4) is 0 Å². The van der Waals surface area contributed by atoms with Crippen LogP contribution in [0.1, 0.15) is 18.4 Å². The number of anilines is 1. The van der Waals surface area contributed by atoms with Gasteiger partial charge in [-0.25, -0.2) is 0 Å². The Morgan fingerprint density at radius 3 is 2.18 bits per heavy atom. The molecule has 1 heterocycles. The van der Waals surface area contributed by atoms with E-state index in [9.17, 15) is 9.59 Å². The Hall–Kier alpha value is -2.31. The van der Waals surface area contributed by atoms with Crippen molar-refractivity contribution in [2.75, 3.05) is 29.9 Å². The molecule has 6 heteroatoms. The number of carbonyl (C=O) groups excluding carboxylic acids is 2. The molecule has 1 fully saturated rings. The van der Waals surface area contributed by atoms with E-state index in [2.05, 4.69) is 39.8 Å². The molecule has 0 bridgehead atoms. The lowest BCUT2D eigenvalue weighted by Crippen LogP contribution is -2.44. The van der Waals surface area contributed by atoms with Crippen LogP contribution in [0.15, 0.2) is 60.7 Å². The SMILES string of the molecule is O=C(CSCC(=O)NC1CCN(Cc2ccccc2)CC1)Nc1ccccc1. The van der Waals surface area contributed by atoms with Crippen molar-refractivity contribution >= 4 is 29.3 Å². The van der Waals surface area contributed by atoms with Gasteiger partial charge in [-0.2, -0.15) is 0 Å². The van der Waals surface area contributed by atoms with Crippen LogP contribution in [0.2, 0.25) is 0 Å². The van der Waals surface area contributed by atoms with Crippen LogP contribution in [0.5, 0.6) is 0 Å². The van der Waals surface area contributed by atoms with Gasteiger partial charge >= 0.3 is 0 Å². The quantitative estimate of drug-likeness (QED) is 0.718. The van der Waals surface area contributed by atoms with E-state index in [1.807, 2.05) is 36.4 Å². The Kier molecular flexibility index (Phi) is 7.94. The highest BCUT2D eigenvalue weighted by molar-refractivity contribution is 8.00. The first-order valence-electron chi connectivity index (χ1n) is 9.67. The topological polar surface area (TPSA) is 61.4 Å². The van der Waals surface area contributed by atoms with E-state index >= 15 is 0 Å². The van der Waals surface area contributed by atoms with Crippen LogP contribution in [0.25, 0.3) is 0 Å². The number of thioether (sulfide) groups is 1. The number of nitrogens with one attached hydrogen (secondary N) is 2. The molecule has 2 aromatic rings. The van der Waals surface area contributed by atoms with Crippen molar-refractivity contribution in [1.82, 2.24) is 10.2 Å². The van der Waals surface area contributed by atoms with Gasteiger partial charge in [-0.15, -0.1) is 11.8 Å². The molecular weight excluding hydrogens is 370 g/mol. The van der Waals surface area contributed by atoms with Crippen LogP contribution in [0.4, 0.5) is 5.69 Å². The summed E-state index contributed by atoms with van der Waals surface area (Å²) in [5.41, 5.74) is 2.11. The molecule has 0 radical (unpaired) electrons. The minimum Gasteiger partial charge on any atom is -0.353 e. The minimum atomic E-state index is -0.0850. The highest BCUT2D eigenvalue weighted by Gasteiger charge is 2.20. The molecule has 0 aromatic heterocycles. The van der Waals surface area contributed by atoms with Crippen molar-refractivity contribution in [3.63, 3.8) is 0 Å². The number of benzene rings is 2. The second-order valence-electron chi connectivity index (χ2n) is 7.01. The fourth-order valence-corrected chi connectivity index (χ4v) is 3.93. The summed E-state index contributed by atoms with van der Waals surface area (Å²) in [6.07, 6.45) is 1.94. The lowest BCUT2D eigenvalue weighted by Gasteiger charge is -2.32. The summed E-state index contributed by atoms with van der Waals surface area (Å²) in [5.74, 6) is 0.516. The first kappa shape index (κ1) is 20.4. The molecule has 28 heavy (non-hydrogen) atoms. The van der Waals surface area contributed by atoms with E-state index < -0.39 is 0 Å². The number of piperidine rings is 1. The number of likely N-dealkylation sites (tertiary alicyclic amines) is 1. The van der Waals surface area contributed by atoms with Gasteiger partial charge in [-0.1, -0.05) is 48.5 Å². The van der Waals surface area contributed by atoms with Gasteiger partial charge in [0.15, 0.2) is 0 Å². The minimum absolute atomic E-state index is 0.0130. The number of carbonyl (C=O) groups is 2. The average Bonchev–Trinajstić information content (AvgIpc) is 2.71. The van der Waals surface area contributed by atoms with Crippen molar-refractivity contribution in [1.29, 1.82) is 0 Å². The van der Waals surface area contributed by atoms with E-state index in [1.165, 1.54) is 17.3 Å². The summed E-state index contributed by atoms with van der Waals surface area (Å²) >= 11 is 1.35. The Labute approximate surface area is 170 Å². The first-order chi connectivity index (χ1) is 13.7. The second kappa shape index (κ2) is 10.9. The number of nitrogens with zero attached hydrogens (tertiary/aromatic N) is 1. The maximum atomic E-state index is 12.1. The molecule has 0 spiro atoms. The Morgan fingerprint density at radius 1 is 0.893 bits per heavy atom. The van der Waals surface area contributed by atoms with Crippen molar-refractivity contribution in [2.24, 2.45) is 0 Å². The fourth-order valence-electron chi connectivity index (χ4n) is 3.30. The zero-order valence-corrected chi connectivity index (χ0v) is 16.8. The third kappa shape index (κ3) is 7.02. The summed E-state index contributed by atoms with van der Waals surface area (Å²) in [4.78, 5) is 26.5. The summed E-state index contributed by atoms with van der Waals surface area (Å²) in [6.45, 7) is 2.95. The molecule has 3 rings (SSSR count). The van der Waals surface area contributed by atoms with Gasteiger partial charge in [-0.3, -0.25) is 14.5 Å². The lowest BCUT2D eigenvalue weighted by atomic mass is 10.0. The predicted octanol–water partition coefficient (Wildman–Crippen LogP) is 3.14. The van der Waals surface area contributed by atoms with Crippen LogP contribution in [-0.4, -0.2) is 47.4 Å². The zero-order valence-electron chi connectivity index (χ0n) is 16.0. The predicted molar refractivity (Wildman–Crippen MR) is 115 cm³/mol. The van der Waals surface area contributed by atoms with Crippen LogP contribution in [-0.2, 0) is 16.1 Å². The molecule has 0 saturated carbocycles. The molecule has 5 nitrogen and oxygen atoms in total.